The number of aryl methyl sites for hydroxylation is 2. The van der Waals surface area contributed by atoms with Crippen molar-refractivity contribution in [1.82, 2.24) is 29.3 Å². The van der Waals surface area contributed by atoms with Crippen LogP contribution in [0.25, 0.3) is 22.7 Å². The molecule has 0 aliphatic rings. The lowest BCUT2D eigenvalue weighted by Crippen LogP contribution is -1.98. The van der Waals surface area contributed by atoms with Gasteiger partial charge >= 0.3 is 0 Å². The molecule has 3 heterocycles. The second-order valence-electron chi connectivity index (χ2n) is 3.60. The van der Waals surface area contributed by atoms with Gasteiger partial charge in [-0.2, -0.15) is 5.10 Å². The lowest BCUT2D eigenvalue weighted by atomic mass is 10.4. The van der Waals surface area contributed by atoms with Gasteiger partial charge in [-0.1, -0.05) is 0 Å². The molecule has 0 bridgehead atoms. The average molecular weight is 214 g/mol. The van der Waals surface area contributed by atoms with Crippen molar-refractivity contribution in [3.8, 4) is 11.5 Å². The molecule has 3 aromatic heterocycles. The van der Waals surface area contributed by atoms with Crippen LogP contribution in [-0.2, 0) is 14.1 Å². The van der Waals surface area contributed by atoms with Gasteiger partial charge in [0.15, 0.2) is 11.5 Å². The molecule has 0 spiro atoms. The topological polar surface area (TPSA) is 61.4 Å². The molecule has 0 radical (unpaired) electrons. The largest absolute Gasteiger partial charge is 0.331 e. The summed E-state index contributed by atoms with van der Waals surface area (Å²) in [6.07, 6.45) is 5.23. The molecule has 0 saturated carbocycles. The maximum Gasteiger partial charge on any atom is 0.181 e. The van der Waals surface area contributed by atoms with Crippen LogP contribution >= 0.6 is 0 Å². The highest BCUT2D eigenvalue weighted by molar-refractivity contribution is 5.71. The summed E-state index contributed by atoms with van der Waals surface area (Å²) in [5.74, 6) is 0.645. The molecule has 0 saturated heterocycles. The Hall–Kier alpha value is -2.24. The summed E-state index contributed by atoms with van der Waals surface area (Å²) in [6.45, 7) is 0. The maximum absolute atomic E-state index is 4.40. The van der Waals surface area contributed by atoms with Crippen molar-refractivity contribution >= 4 is 11.2 Å². The van der Waals surface area contributed by atoms with Gasteiger partial charge in [-0.15, -0.1) is 0 Å². The van der Waals surface area contributed by atoms with Crippen LogP contribution in [0.4, 0.5) is 0 Å². The molecule has 0 aliphatic carbocycles. The third-order valence-corrected chi connectivity index (χ3v) is 2.53. The first-order valence-electron chi connectivity index (χ1n) is 4.88. The van der Waals surface area contributed by atoms with Crippen LogP contribution in [0.2, 0.25) is 0 Å². The number of hydrogen-bond donors (Lipinski definition) is 0. The van der Waals surface area contributed by atoms with Crippen molar-refractivity contribution in [2.75, 3.05) is 0 Å². The van der Waals surface area contributed by atoms with E-state index < -0.39 is 0 Å². The van der Waals surface area contributed by atoms with Crippen molar-refractivity contribution < 1.29 is 0 Å². The van der Waals surface area contributed by atoms with Crippen LogP contribution in [-0.4, -0.2) is 29.3 Å². The summed E-state index contributed by atoms with van der Waals surface area (Å²) in [7, 11) is 3.78. The fourth-order valence-corrected chi connectivity index (χ4v) is 1.63. The standard InChI is InChI=1S/C10H10N6/c1-15-6-12-10-8(15)5-11-9(14-10)7-3-4-13-16(7)2/h3-6H,1-2H3. The smallest absolute Gasteiger partial charge is 0.181 e. The summed E-state index contributed by atoms with van der Waals surface area (Å²) in [5.41, 5.74) is 2.51. The van der Waals surface area contributed by atoms with Crippen LogP contribution in [0.5, 0.6) is 0 Å². The fourth-order valence-electron chi connectivity index (χ4n) is 1.63. The second-order valence-corrected chi connectivity index (χ2v) is 3.60. The Balaban J connectivity index is 2.23. The van der Waals surface area contributed by atoms with Crippen molar-refractivity contribution in [3.05, 3.63) is 24.8 Å². The molecule has 0 atom stereocenters. The SMILES string of the molecule is Cn1nccc1-c1ncc2c(ncn2C)n1. The molecule has 0 N–H and O–H groups in total. The molecule has 0 aliphatic heterocycles. The lowest BCUT2D eigenvalue weighted by molar-refractivity contribution is 0.770. The number of fused-ring (bicyclic) bond motifs is 1. The van der Waals surface area contributed by atoms with E-state index in [0.29, 0.717) is 11.5 Å². The number of nitrogens with zero attached hydrogens (tertiary/aromatic N) is 6. The monoisotopic (exact) mass is 214 g/mol. The van der Waals surface area contributed by atoms with E-state index in [0.717, 1.165) is 11.2 Å². The van der Waals surface area contributed by atoms with Crippen molar-refractivity contribution in [3.63, 3.8) is 0 Å². The van der Waals surface area contributed by atoms with E-state index in [1.165, 1.54) is 0 Å². The Labute approximate surface area is 91.6 Å². The first-order chi connectivity index (χ1) is 7.75. The van der Waals surface area contributed by atoms with E-state index in [9.17, 15) is 0 Å². The van der Waals surface area contributed by atoms with Crippen molar-refractivity contribution in [1.29, 1.82) is 0 Å². The third-order valence-electron chi connectivity index (χ3n) is 2.53. The Morgan fingerprint density at radius 3 is 2.81 bits per heavy atom. The number of imidazole rings is 1. The highest BCUT2D eigenvalue weighted by Crippen LogP contribution is 2.15. The summed E-state index contributed by atoms with van der Waals surface area (Å²) < 4.78 is 3.63. The van der Waals surface area contributed by atoms with Gasteiger partial charge in [0.25, 0.3) is 0 Å². The number of aromatic nitrogens is 6. The Bertz CT molecular complexity index is 650. The zero-order valence-electron chi connectivity index (χ0n) is 8.99. The zero-order chi connectivity index (χ0) is 11.1. The summed E-state index contributed by atoms with van der Waals surface area (Å²) >= 11 is 0. The minimum absolute atomic E-state index is 0.645. The molecular formula is C10H10N6. The van der Waals surface area contributed by atoms with Crippen LogP contribution in [0.3, 0.4) is 0 Å². The van der Waals surface area contributed by atoms with Crippen LogP contribution in [0, 0.1) is 0 Å². The minimum atomic E-state index is 0.645. The molecule has 6 nitrogen and oxygen atoms in total. The molecule has 80 valence electrons. The van der Waals surface area contributed by atoms with Gasteiger partial charge in [-0.05, 0) is 6.07 Å². The van der Waals surface area contributed by atoms with E-state index in [-0.39, 0.29) is 0 Å². The molecule has 16 heavy (non-hydrogen) atoms. The highest BCUT2D eigenvalue weighted by atomic mass is 15.3. The normalized spacial score (nSPS) is 11.1. The van der Waals surface area contributed by atoms with Gasteiger partial charge < -0.3 is 4.57 Å². The average Bonchev–Trinajstić information content (AvgIpc) is 2.86. The first kappa shape index (κ1) is 9.02. The quantitative estimate of drug-likeness (QED) is 0.600. The number of hydrogen-bond acceptors (Lipinski definition) is 4. The predicted octanol–water partition coefficient (Wildman–Crippen LogP) is 0.764. The fraction of sp³-hybridized carbons (Fsp3) is 0.200. The summed E-state index contributed by atoms with van der Waals surface area (Å²) in [6, 6.07) is 1.88. The van der Waals surface area contributed by atoms with Crippen LogP contribution in [0.1, 0.15) is 0 Å². The van der Waals surface area contributed by atoms with E-state index >= 15 is 0 Å². The second kappa shape index (κ2) is 3.13. The Kier molecular flexibility index (Phi) is 1.76. The molecule has 0 aromatic carbocycles. The highest BCUT2D eigenvalue weighted by Gasteiger charge is 2.08. The predicted molar refractivity (Wildman–Crippen MR) is 58.5 cm³/mol. The molecule has 0 fully saturated rings. The molecule has 0 amide bonds. The van der Waals surface area contributed by atoms with E-state index in [1.54, 1.807) is 23.4 Å². The molecule has 3 rings (SSSR count). The van der Waals surface area contributed by atoms with Crippen LogP contribution < -0.4 is 0 Å². The minimum Gasteiger partial charge on any atom is -0.331 e. The maximum atomic E-state index is 4.40. The van der Waals surface area contributed by atoms with Gasteiger partial charge in [-0.3, -0.25) is 4.68 Å². The molecule has 3 aromatic rings. The van der Waals surface area contributed by atoms with Crippen molar-refractivity contribution in [2.24, 2.45) is 14.1 Å². The van der Waals surface area contributed by atoms with Gasteiger partial charge in [-0.25, -0.2) is 15.0 Å². The first-order valence-corrected chi connectivity index (χ1v) is 4.88. The zero-order valence-corrected chi connectivity index (χ0v) is 8.99. The van der Waals surface area contributed by atoms with E-state index in [2.05, 4.69) is 20.1 Å². The molecular weight excluding hydrogens is 204 g/mol. The number of rotatable bonds is 1. The van der Waals surface area contributed by atoms with Gasteiger partial charge in [0.2, 0.25) is 0 Å². The van der Waals surface area contributed by atoms with E-state index in [1.807, 2.05) is 24.7 Å². The van der Waals surface area contributed by atoms with Gasteiger partial charge in [0, 0.05) is 20.3 Å². The molecule has 6 heteroatoms. The van der Waals surface area contributed by atoms with Crippen LogP contribution in [0.15, 0.2) is 24.8 Å². The van der Waals surface area contributed by atoms with Crippen molar-refractivity contribution in [2.45, 2.75) is 0 Å². The Morgan fingerprint density at radius 2 is 2.06 bits per heavy atom. The lowest BCUT2D eigenvalue weighted by Gasteiger charge is -2.00. The molecule has 0 unspecified atom stereocenters. The third kappa shape index (κ3) is 1.19. The van der Waals surface area contributed by atoms with Gasteiger partial charge in [0.05, 0.1) is 12.5 Å². The van der Waals surface area contributed by atoms with Gasteiger partial charge in [0.1, 0.15) is 11.2 Å². The summed E-state index contributed by atoms with van der Waals surface area (Å²) in [5, 5.41) is 4.09. The van der Waals surface area contributed by atoms with E-state index in [4.69, 9.17) is 0 Å². The Morgan fingerprint density at radius 1 is 1.19 bits per heavy atom. The summed E-state index contributed by atoms with van der Waals surface area (Å²) in [4.78, 5) is 12.9.